The number of halogens is 1. The van der Waals surface area contributed by atoms with E-state index in [0.29, 0.717) is 11.3 Å². The zero-order valence-corrected chi connectivity index (χ0v) is 12.5. The van der Waals surface area contributed by atoms with Gasteiger partial charge in [-0.2, -0.15) is 0 Å². The topological polar surface area (TPSA) is 30.7 Å². The molecule has 2 aromatic heterocycles. The third-order valence-electron chi connectivity index (χ3n) is 4.53. The van der Waals surface area contributed by atoms with Gasteiger partial charge < -0.3 is 4.57 Å². The maximum atomic E-state index is 6.30. The lowest BCUT2D eigenvalue weighted by molar-refractivity contribution is 0.308. The smallest absolute Gasteiger partial charge is 0.127 e. The summed E-state index contributed by atoms with van der Waals surface area (Å²) in [6.07, 6.45) is 6.28. The summed E-state index contributed by atoms with van der Waals surface area (Å²) in [5, 5.41) is -0.0737. The van der Waals surface area contributed by atoms with Crippen LogP contribution in [-0.4, -0.2) is 14.5 Å². The Bertz CT molecular complexity index is 596. The van der Waals surface area contributed by atoms with Crippen molar-refractivity contribution in [2.24, 2.45) is 11.3 Å². The maximum absolute atomic E-state index is 6.30. The lowest BCUT2D eigenvalue weighted by Crippen LogP contribution is -2.19. The largest absolute Gasteiger partial charge is 0.326 e. The molecule has 102 valence electrons. The minimum absolute atomic E-state index is 0.0737. The number of nitrogens with zero attached hydrogens (tertiary/aromatic N) is 3. The summed E-state index contributed by atoms with van der Waals surface area (Å²) in [4.78, 5) is 8.81. The van der Waals surface area contributed by atoms with Crippen molar-refractivity contribution in [2.45, 2.75) is 45.5 Å². The third kappa shape index (κ3) is 2.14. The van der Waals surface area contributed by atoms with Crippen LogP contribution in [0.5, 0.6) is 0 Å². The van der Waals surface area contributed by atoms with Gasteiger partial charge in [0.1, 0.15) is 11.3 Å². The molecular formula is C15H20ClN3. The Morgan fingerprint density at radius 2 is 2.11 bits per heavy atom. The van der Waals surface area contributed by atoms with E-state index in [1.54, 1.807) is 0 Å². The highest BCUT2D eigenvalue weighted by molar-refractivity contribution is 6.20. The maximum Gasteiger partial charge on any atom is 0.127 e. The van der Waals surface area contributed by atoms with Gasteiger partial charge in [-0.15, -0.1) is 11.6 Å². The number of fused-ring (bicyclic) bond motifs is 1. The molecule has 0 aromatic carbocycles. The molecule has 3 nitrogen and oxygen atoms in total. The van der Waals surface area contributed by atoms with E-state index in [2.05, 4.69) is 28.4 Å². The Kier molecular flexibility index (Phi) is 3.05. The summed E-state index contributed by atoms with van der Waals surface area (Å²) in [5.41, 5.74) is 2.55. The molecule has 3 rings (SSSR count). The van der Waals surface area contributed by atoms with Gasteiger partial charge in [-0.05, 0) is 37.2 Å². The summed E-state index contributed by atoms with van der Waals surface area (Å²) in [6, 6.07) is 2.04. The lowest BCUT2D eigenvalue weighted by atomic mass is 9.92. The van der Waals surface area contributed by atoms with Crippen LogP contribution in [0.1, 0.15) is 44.8 Å². The van der Waals surface area contributed by atoms with Crippen molar-refractivity contribution in [1.82, 2.24) is 14.5 Å². The molecule has 19 heavy (non-hydrogen) atoms. The Morgan fingerprint density at radius 3 is 2.68 bits per heavy atom. The summed E-state index contributed by atoms with van der Waals surface area (Å²) in [7, 11) is 0. The van der Waals surface area contributed by atoms with E-state index in [4.69, 9.17) is 11.6 Å². The van der Waals surface area contributed by atoms with Gasteiger partial charge in [0, 0.05) is 12.7 Å². The van der Waals surface area contributed by atoms with Gasteiger partial charge in [0.25, 0.3) is 0 Å². The van der Waals surface area contributed by atoms with Crippen LogP contribution in [0.3, 0.4) is 0 Å². The summed E-state index contributed by atoms with van der Waals surface area (Å²) in [5.74, 6) is 1.67. The number of alkyl halides is 1. The van der Waals surface area contributed by atoms with Crippen molar-refractivity contribution in [3.8, 4) is 0 Å². The first kappa shape index (κ1) is 12.9. The molecule has 0 N–H and O–H groups in total. The van der Waals surface area contributed by atoms with Crippen molar-refractivity contribution >= 4 is 22.6 Å². The van der Waals surface area contributed by atoms with Crippen LogP contribution in [0.4, 0.5) is 0 Å². The Labute approximate surface area is 119 Å². The van der Waals surface area contributed by atoms with Crippen LogP contribution in [0.15, 0.2) is 18.5 Å². The van der Waals surface area contributed by atoms with Gasteiger partial charge in [-0.25, -0.2) is 4.98 Å². The average molecular weight is 278 g/mol. The number of hydrogen-bond acceptors (Lipinski definition) is 2. The standard InChI is InChI=1S/C15H20ClN3/c1-10(2)15(5-6-15)9-19-13-4-7-17-8-12(13)18-14(19)11(3)16/h4,7-8,10-11H,5-6,9H2,1-3H3. The predicted octanol–water partition coefficient (Wildman–Crippen LogP) is 4.17. The summed E-state index contributed by atoms with van der Waals surface area (Å²) in [6.45, 7) is 7.65. The van der Waals surface area contributed by atoms with E-state index in [1.807, 2.05) is 25.4 Å². The number of hydrogen-bond donors (Lipinski definition) is 0. The van der Waals surface area contributed by atoms with Gasteiger partial charge in [0.15, 0.2) is 0 Å². The fraction of sp³-hybridized carbons (Fsp3) is 0.600. The van der Waals surface area contributed by atoms with Gasteiger partial charge in [-0.1, -0.05) is 13.8 Å². The molecule has 1 aliphatic rings. The normalized spacial score (nSPS) is 19.0. The van der Waals surface area contributed by atoms with Crippen LogP contribution >= 0.6 is 11.6 Å². The second kappa shape index (κ2) is 4.48. The summed E-state index contributed by atoms with van der Waals surface area (Å²) < 4.78 is 2.31. The predicted molar refractivity (Wildman–Crippen MR) is 78.3 cm³/mol. The monoisotopic (exact) mass is 277 g/mol. The molecule has 0 spiro atoms. The molecule has 4 heteroatoms. The van der Waals surface area contributed by atoms with Crippen LogP contribution in [-0.2, 0) is 6.54 Å². The second-order valence-corrected chi connectivity index (χ2v) is 6.71. The van der Waals surface area contributed by atoms with E-state index in [1.165, 1.54) is 12.8 Å². The fourth-order valence-corrected chi connectivity index (χ4v) is 3.03. The molecule has 1 atom stereocenters. The van der Waals surface area contributed by atoms with Crippen molar-refractivity contribution in [3.63, 3.8) is 0 Å². The van der Waals surface area contributed by atoms with E-state index in [0.717, 1.165) is 23.4 Å². The second-order valence-electron chi connectivity index (χ2n) is 6.05. The number of pyridine rings is 1. The molecule has 0 bridgehead atoms. The fourth-order valence-electron chi connectivity index (χ4n) is 2.86. The first-order valence-electron chi connectivity index (χ1n) is 6.98. The minimum Gasteiger partial charge on any atom is -0.326 e. The van der Waals surface area contributed by atoms with E-state index < -0.39 is 0 Å². The van der Waals surface area contributed by atoms with Crippen LogP contribution < -0.4 is 0 Å². The quantitative estimate of drug-likeness (QED) is 0.786. The molecular weight excluding hydrogens is 258 g/mol. The summed E-state index contributed by atoms with van der Waals surface area (Å²) >= 11 is 6.30. The first-order valence-corrected chi connectivity index (χ1v) is 7.41. The van der Waals surface area contributed by atoms with Crippen LogP contribution in [0.25, 0.3) is 11.0 Å². The molecule has 2 heterocycles. The van der Waals surface area contributed by atoms with Gasteiger partial charge >= 0.3 is 0 Å². The zero-order chi connectivity index (χ0) is 13.6. The first-order chi connectivity index (χ1) is 9.03. The molecule has 0 saturated heterocycles. The Hall–Kier alpha value is -1.09. The van der Waals surface area contributed by atoms with Gasteiger partial charge in [0.05, 0.1) is 17.1 Å². The number of aromatic nitrogens is 3. The van der Waals surface area contributed by atoms with Gasteiger partial charge in [-0.3, -0.25) is 4.98 Å². The Balaban J connectivity index is 2.08. The minimum atomic E-state index is -0.0737. The molecule has 1 saturated carbocycles. The SMILES string of the molecule is CC(Cl)c1nc2cnccc2n1CC1(C(C)C)CC1. The lowest BCUT2D eigenvalue weighted by Gasteiger charge is -2.22. The highest BCUT2D eigenvalue weighted by Crippen LogP contribution is 2.53. The molecule has 1 aliphatic carbocycles. The molecule has 1 unspecified atom stereocenters. The van der Waals surface area contributed by atoms with Crippen molar-refractivity contribution in [2.75, 3.05) is 0 Å². The molecule has 2 aromatic rings. The van der Waals surface area contributed by atoms with Crippen LogP contribution in [0, 0.1) is 11.3 Å². The molecule has 0 amide bonds. The van der Waals surface area contributed by atoms with Crippen LogP contribution in [0.2, 0.25) is 0 Å². The number of rotatable bonds is 4. The van der Waals surface area contributed by atoms with E-state index in [9.17, 15) is 0 Å². The Morgan fingerprint density at radius 1 is 1.37 bits per heavy atom. The van der Waals surface area contributed by atoms with E-state index >= 15 is 0 Å². The molecule has 0 radical (unpaired) electrons. The zero-order valence-electron chi connectivity index (χ0n) is 11.7. The third-order valence-corrected chi connectivity index (χ3v) is 4.72. The highest BCUT2D eigenvalue weighted by atomic mass is 35.5. The highest BCUT2D eigenvalue weighted by Gasteiger charge is 2.46. The van der Waals surface area contributed by atoms with Crippen molar-refractivity contribution in [3.05, 3.63) is 24.3 Å². The van der Waals surface area contributed by atoms with Crippen molar-refractivity contribution < 1.29 is 0 Å². The molecule has 0 aliphatic heterocycles. The number of imidazole rings is 1. The van der Waals surface area contributed by atoms with Crippen molar-refractivity contribution in [1.29, 1.82) is 0 Å². The molecule has 1 fully saturated rings. The van der Waals surface area contributed by atoms with Gasteiger partial charge in [0.2, 0.25) is 0 Å². The van der Waals surface area contributed by atoms with E-state index in [-0.39, 0.29) is 5.38 Å². The average Bonchev–Trinajstić information content (AvgIpc) is 3.06.